The van der Waals surface area contributed by atoms with Gasteiger partial charge < -0.3 is 9.32 Å². The molecule has 1 saturated heterocycles. The summed E-state index contributed by atoms with van der Waals surface area (Å²) in [5, 5.41) is 2.32. The second kappa shape index (κ2) is 7.64. The Morgan fingerprint density at radius 1 is 1.07 bits per heavy atom. The molecule has 0 radical (unpaired) electrons. The van der Waals surface area contributed by atoms with Crippen LogP contribution in [0.1, 0.15) is 37.1 Å². The number of hydrogen-bond donors (Lipinski definition) is 0. The smallest absolute Gasteiger partial charge is 0.237 e. The molecular weight excluding hydrogens is 362 g/mol. The van der Waals surface area contributed by atoms with E-state index in [9.17, 15) is 4.79 Å². The molecule has 0 N–H and O–H groups in total. The van der Waals surface area contributed by atoms with Crippen molar-refractivity contribution in [1.29, 1.82) is 0 Å². The summed E-state index contributed by atoms with van der Waals surface area (Å²) < 4.78 is 6.05. The van der Waals surface area contributed by atoms with Gasteiger partial charge in [-0.1, -0.05) is 49.2 Å². The Morgan fingerprint density at radius 2 is 1.86 bits per heavy atom. The fourth-order valence-electron chi connectivity index (χ4n) is 4.79. The van der Waals surface area contributed by atoms with Crippen molar-refractivity contribution >= 4 is 16.7 Å². The molecule has 2 fully saturated rings. The zero-order valence-electron chi connectivity index (χ0n) is 16.9. The normalized spacial score (nSPS) is 18.8. The van der Waals surface area contributed by atoms with Crippen molar-refractivity contribution in [2.75, 3.05) is 19.6 Å². The number of aromatic nitrogens is 1. The zero-order chi connectivity index (χ0) is 19.8. The number of benzene rings is 2. The van der Waals surface area contributed by atoms with Gasteiger partial charge in [-0.05, 0) is 36.6 Å². The summed E-state index contributed by atoms with van der Waals surface area (Å²) in [7, 11) is 0. The minimum absolute atomic E-state index is 0.263. The van der Waals surface area contributed by atoms with E-state index in [1.54, 1.807) is 0 Å². The third-order valence-electron chi connectivity index (χ3n) is 6.39. The summed E-state index contributed by atoms with van der Waals surface area (Å²) in [5.74, 6) is 1.75. The van der Waals surface area contributed by atoms with Gasteiger partial charge in [0, 0.05) is 31.2 Å². The first-order chi connectivity index (χ1) is 14.2. The van der Waals surface area contributed by atoms with Crippen LogP contribution in [0.4, 0.5) is 0 Å². The SMILES string of the molecule is Cc1oc(-c2cccc3ccccc23)nc1CN1CCN(C2CCCC2)C(=O)C1. The topological polar surface area (TPSA) is 49.6 Å². The van der Waals surface area contributed by atoms with Gasteiger partial charge >= 0.3 is 0 Å². The number of carbonyl (C=O) groups is 1. The maximum atomic E-state index is 12.7. The van der Waals surface area contributed by atoms with Crippen LogP contribution in [0.15, 0.2) is 46.9 Å². The number of amides is 1. The van der Waals surface area contributed by atoms with Crippen LogP contribution >= 0.6 is 0 Å². The number of aryl methyl sites for hydroxylation is 1. The molecule has 0 spiro atoms. The molecule has 150 valence electrons. The lowest BCUT2D eigenvalue weighted by Crippen LogP contribution is -2.53. The van der Waals surface area contributed by atoms with Gasteiger partial charge in [0.05, 0.1) is 12.2 Å². The number of hydrogen-bond acceptors (Lipinski definition) is 4. The van der Waals surface area contributed by atoms with Crippen molar-refractivity contribution in [3.05, 3.63) is 53.9 Å². The van der Waals surface area contributed by atoms with Crippen LogP contribution < -0.4 is 0 Å². The molecule has 29 heavy (non-hydrogen) atoms. The average molecular weight is 389 g/mol. The summed E-state index contributed by atoms with van der Waals surface area (Å²) in [6.45, 7) is 4.83. The molecule has 1 saturated carbocycles. The molecule has 2 aliphatic rings. The number of rotatable bonds is 4. The van der Waals surface area contributed by atoms with Crippen LogP contribution in [0.2, 0.25) is 0 Å². The summed E-state index contributed by atoms with van der Waals surface area (Å²) in [5.41, 5.74) is 1.94. The molecule has 0 atom stereocenters. The van der Waals surface area contributed by atoms with Crippen molar-refractivity contribution in [3.63, 3.8) is 0 Å². The minimum atomic E-state index is 0.263. The minimum Gasteiger partial charge on any atom is -0.441 e. The molecule has 1 aliphatic carbocycles. The Kier molecular flexibility index (Phi) is 4.84. The fraction of sp³-hybridized carbons (Fsp3) is 0.417. The first-order valence-electron chi connectivity index (χ1n) is 10.7. The van der Waals surface area contributed by atoms with E-state index in [-0.39, 0.29) is 5.91 Å². The van der Waals surface area contributed by atoms with Gasteiger partial charge in [0.25, 0.3) is 0 Å². The van der Waals surface area contributed by atoms with Crippen molar-refractivity contribution in [3.8, 4) is 11.5 Å². The van der Waals surface area contributed by atoms with Crippen molar-refractivity contribution < 1.29 is 9.21 Å². The number of oxazole rings is 1. The summed E-state index contributed by atoms with van der Waals surface area (Å²) in [6.07, 6.45) is 4.85. The lowest BCUT2D eigenvalue weighted by Gasteiger charge is -2.37. The van der Waals surface area contributed by atoms with E-state index < -0.39 is 0 Å². The van der Waals surface area contributed by atoms with Crippen LogP contribution in [-0.4, -0.2) is 46.4 Å². The number of carbonyl (C=O) groups excluding carboxylic acids is 1. The van der Waals surface area contributed by atoms with Crippen LogP contribution in [0.3, 0.4) is 0 Å². The van der Waals surface area contributed by atoms with Gasteiger partial charge in [-0.2, -0.15) is 0 Å². The van der Waals surface area contributed by atoms with Crippen LogP contribution in [0.25, 0.3) is 22.2 Å². The first-order valence-corrected chi connectivity index (χ1v) is 10.7. The van der Waals surface area contributed by atoms with Gasteiger partial charge in [-0.15, -0.1) is 0 Å². The third kappa shape index (κ3) is 3.55. The molecule has 1 aromatic heterocycles. The highest BCUT2D eigenvalue weighted by atomic mass is 16.4. The molecule has 1 aliphatic heterocycles. The van der Waals surface area contributed by atoms with Crippen molar-refractivity contribution in [1.82, 2.24) is 14.8 Å². The van der Waals surface area contributed by atoms with Gasteiger partial charge in [0.2, 0.25) is 11.8 Å². The van der Waals surface area contributed by atoms with Crippen LogP contribution in [0, 0.1) is 6.92 Å². The summed E-state index contributed by atoms with van der Waals surface area (Å²) in [6, 6.07) is 15.0. The average Bonchev–Trinajstić information content (AvgIpc) is 3.38. The molecule has 0 bridgehead atoms. The predicted molar refractivity (Wildman–Crippen MR) is 113 cm³/mol. The van der Waals surface area contributed by atoms with Gasteiger partial charge in [-0.3, -0.25) is 9.69 Å². The monoisotopic (exact) mass is 389 g/mol. The van der Waals surface area contributed by atoms with E-state index in [0.29, 0.717) is 25.0 Å². The zero-order valence-corrected chi connectivity index (χ0v) is 16.9. The molecule has 0 unspecified atom stereocenters. The molecule has 2 heterocycles. The largest absolute Gasteiger partial charge is 0.441 e. The van der Waals surface area contributed by atoms with Crippen molar-refractivity contribution in [2.45, 2.75) is 45.2 Å². The number of fused-ring (bicyclic) bond motifs is 1. The maximum absolute atomic E-state index is 12.7. The molecule has 1 amide bonds. The van der Waals surface area contributed by atoms with E-state index in [4.69, 9.17) is 9.40 Å². The Bertz CT molecular complexity index is 1030. The molecule has 2 aromatic carbocycles. The first kappa shape index (κ1) is 18.4. The standard InChI is InChI=1S/C24H27N3O2/c1-17-22(15-26-13-14-27(23(28)16-26)19-9-3-4-10-19)25-24(29-17)21-12-6-8-18-7-2-5-11-20(18)21/h2,5-8,11-12,19H,3-4,9-10,13-16H2,1H3. The Labute approximate surface area is 171 Å². The summed E-state index contributed by atoms with van der Waals surface area (Å²) in [4.78, 5) is 21.8. The van der Waals surface area contributed by atoms with Gasteiger partial charge in [0.1, 0.15) is 5.76 Å². The molecule has 5 heteroatoms. The Balaban J connectivity index is 1.33. The molecule has 5 rings (SSSR count). The lowest BCUT2D eigenvalue weighted by molar-refractivity contribution is -0.138. The Hall–Kier alpha value is -2.66. The van der Waals surface area contributed by atoms with E-state index >= 15 is 0 Å². The van der Waals surface area contributed by atoms with E-state index in [1.165, 1.54) is 31.1 Å². The van der Waals surface area contributed by atoms with Crippen LogP contribution in [-0.2, 0) is 11.3 Å². The third-order valence-corrected chi connectivity index (χ3v) is 6.39. The van der Waals surface area contributed by atoms with Gasteiger partial charge in [0.15, 0.2) is 0 Å². The van der Waals surface area contributed by atoms with E-state index in [0.717, 1.165) is 35.5 Å². The summed E-state index contributed by atoms with van der Waals surface area (Å²) >= 11 is 0. The molecule has 3 aromatic rings. The van der Waals surface area contributed by atoms with E-state index in [1.807, 2.05) is 25.1 Å². The predicted octanol–water partition coefficient (Wildman–Crippen LogP) is 4.39. The highest BCUT2D eigenvalue weighted by molar-refractivity contribution is 5.94. The maximum Gasteiger partial charge on any atom is 0.237 e. The molecular formula is C24H27N3O2. The van der Waals surface area contributed by atoms with Crippen molar-refractivity contribution in [2.24, 2.45) is 0 Å². The second-order valence-corrected chi connectivity index (χ2v) is 8.28. The second-order valence-electron chi connectivity index (χ2n) is 8.28. The highest BCUT2D eigenvalue weighted by Gasteiger charge is 2.31. The van der Waals surface area contributed by atoms with E-state index in [2.05, 4.69) is 34.1 Å². The quantitative estimate of drug-likeness (QED) is 0.664. The fourth-order valence-corrected chi connectivity index (χ4v) is 4.79. The molecule has 5 nitrogen and oxygen atoms in total. The number of piperazine rings is 1. The lowest BCUT2D eigenvalue weighted by atomic mass is 10.0. The van der Waals surface area contributed by atoms with Gasteiger partial charge in [-0.25, -0.2) is 4.98 Å². The van der Waals surface area contributed by atoms with Crippen LogP contribution in [0.5, 0.6) is 0 Å². The highest BCUT2D eigenvalue weighted by Crippen LogP contribution is 2.30. The Morgan fingerprint density at radius 3 is 2.69 bits per heavy atom. The number of nitrogens with zero attached hydrogens (tertiary/aromatic N) is 3.